The number of alkyl halides is 1. The quantitative estimate of drug-likeness (QED) is 0.459. The largest absolute Gasteiger partial charge is 0.378 e. The van der Waals surface area contributed by atoms with E-state index in [0.29, 0.717) is 32.1 Å². The van der Waals surface area contributed by atoms with Crippen LogP contribution in [0.3, 0.4) is 0 Å². The minimum Gasteiger partial charge on any atom is -0.378 e. The van der Waals surface area contributed by atoms with E-state index in [2.05, 4.69) is 26.9 Å². The van der Waals surface area contributed by atoms with Gasteiger partial charge in [-0.2, -0.15) is 0 Å². The predicted molar refractivity (Wildman–Crippen MR) is 139 cm³/mol. The molecule has 1 aromatic carbocycles. The number of imidazole rings is 1. The second-order valence-corrected chi connectivity index (χ2v) is 10.0. The molecule has 0 amide bonds. The number of hydrogen-bond acceptors (Lipinski definition) is 7. The van der Waals surface area contributed by atoms with E-state index >= 15 is 0 Å². The van der Waals surface area contributed by atoms with Gasteiger partial charge in [-0.1, -0.05) is 18.2 Å². The van der Waals surface area contributed by atoms with E-state index in [1.807, 2.05) is 48.9 Å². The summed E-state index contributed by atoms with van der Waals surface area (Å²) >= 11 is 0. The van der Waals surface area contributed by atoms with Gasteiger partial charge in [0.25, 0.3) is 0 Å². The third-order valence-electron chi connectivity index (χ3n) is 7.55. The molecule has 2 atom stereocenters. The van der Waals surface area contributed by atoms with Gasteiger partial charge in [0.2, 0.25) is 0 Å². The van der Waals surface area contributed by atoms with Crippen LogP contribution in [0.5, 0.6) is 0 Å². The van der Waals surface area contributed by atoms with Crippen molar-refractivity contribution in [3.05, 3.63) is 36.3 Å². The molecule has 10 heteroatoms. The molecule has 0 unspecified atom stereocenters. The first kappa shape index (κ1) is 23.3. The van der Waals surface area contributed by atoms with E-state index in [4.69, 9.17) is 19.7 Å². The van der Waals surface area contributed by atoms with Gasteiger partial charge in [0.1, 0.15) is 12.0 Å². The summed E-state index contributed by atoms with van der Waals surface area (Å²) in [6.45, 7) is 4.67. The first-order valence-corrected chi connectivity index (χ1v) is 12.6. The number of nitrogens with zero attached hydrogens (tertiary/aromatic N) is 7. The summed E-state index contributed by atoms with van der Waals surface area (Å²) in [5, 5.41) is 1.09. The molecule has 190 valence electrons. The van der Waals surface area contributed by atoms with Crippen LogP contribution in [0, 0.1) is 0 Å². The van der Waals surface area contributed by atoms with Crippen LogP contribution in [0.25, 0.3) is 33.5 Å². The average molecular weight is 493 g/mol. The average Bonchev–Trinajstić information content (AvgIpc) is 3.45. The molecule has 2 saturated heterocycles. The lowest BCUT2D eigenvalue weighted by molar-refractivity contribution is 0.0530. The summed E-state index contributed by atoms with van der Waals surface area (Å²) in [6, 6.07) is 8.16. The van der Waals surface area contributed by atoms with Crippen LogP contribution >= 0.6 is 0 Å². The number of para-hydroxylation sites is 1. The molecule has 0 bridgehead atoms. The highest BCUT2D eigenvalue weighted by Crippen LogP contribution is 2.32. The highest BCUT2D eigenvalue weighted by molar-refractivity contribution is 5.95. The first-order valence-electron chi connectivity index (χ1n) is 12.6. The van der Waals surface area contributed by atoms with Crippen molar-refractivity contribution < 1.29 is 9.13 Å². The molecule has 1 N–H and O–H groups in total. The number of aromatic nitrogens is 5. The SMILES string of the molecule is CN(C)[C@H]1CCN(Cc2nc3c(N4CCOCC4)nc(-c4c[nH]c5ccccc45)nc3n2C)C[C@H]1F. The molecular weight excluding hydrogens is 459 g/mol. The van der Waals surface area contributed by atoms with Gasteiger partial charge in [0.05, 0.1) is 19.8 Å². The van der Waals surface area contributed by atoms with Crippen molar-refractivity contribution in [2.75, 3.05) is 58.4 Å². The lowest BCUT2D eigenvalue weighted by Gasteiger charge is -2.37. The number of aromatic amines is 1. The first-order chi connectivity index (χ1) is 17.5. The van der Waals surface area contributed by atoms with Gasteiger partial charge in [0, 0.05) is 61.9 Å². The maximum atomic E-state index is 14.8. The van der Waals surface area contributed by atoms with E-state index in [0.717, 1.165) is 65.3 Å². The van der Waals surface area contributed by atoms with Gasteiger partial charge in [-0.3, -0.25) is 4.90 Å². The Morgan fingerprint density at radius 3 is 2.69 bits per heavy atom. The van der Waals surface area contributed by atoms with Crippen LogP contribution in [0.1, 0.15) is 12.2 Å². The molecule has 5 heterocycles. The fraction of sp³-hybridized carbons (Fsp3) is 0.500. The fourth-order valence-corrected chi connectivity index (χ4v) is 5.49. The van der Waals surface area contributed by atoms with Crippen LogP contribution in [-0.4, -0.2) is 100 Å². The van der Waals surface area contributed by atoms with Crippen LogP contribution in [0.15, 0.2) is 30.5 Å². The van der Waals surface area contributed by atoms with E-state index in [1.165, 1.54) is 0 Å². The summed E-state index contributed by atoms with van der Waals surface area (Å²) in [5.41, 5.74) is 3.60. The summed E-state index contributed by atoms with van der Waals surface area (Å²) in [6.07, 6.45) is 1.91. The number of halogens is 1. The van der Waals surface area contributed by atoms with Crippen molar-refractivity contribution in [2.45, 2.75) is 25.2 Å². The molecule has 0 radical (unpaired) electrons. The summed E-state index contributed by atoms with van der Waals surface area (Å²) in [4.78, 5) is 24.8. The van der Waals surface area contributed by atoms with Crippen molar-refractivity contribution in [1.82, 2.24) is 34.3 Å². The summed E-state index contributed by atoms with van der Waals surface area (Å²) < 4.78 is 22.5. The van der Waals surface area contributed by atoms with Crippen molar-refractivity contribution in [3.63, 3.8) is 0 Å². The number of H-pyrrole nitrogens is 1. The van der Waals surface area contributed by atoms with Crippen molar-refractivity contribution in [3.8, 4) is 11.4 Å². The number of ether oxygens (including phenoxy) is 1. The van der Waals surface area contributed by atoms with Crippen LogP contribution in [0.4, 0.5) is 10.2 Å². The van der Waals surface area contributed by atoms with E-state index in [1.54, 1.807) is 0 Å². The Bertz CT molecular complexity index is 1380. The molecule has 0 saturated carbocycles. The third-order valence-corrected chi connectivity index (χ3v) is 7.55. The number of aryl methyl sites for hydroxylation is 1. The molecule has 36 heavy (non-hydrogen) atoms. The highest BCUT2D eigenvalue weighted by Gasteiger charge is 2.31. The zero-order valence-electron chi connectivity index (χ0n) is 21.1. The summed E-state index contributed by atoms with van der Waals surface area (Å²) in [5.74, 6) is 2.38. The van der Waals surface area contributed by atoms with Crippen molar-refractivity contribution in [2.24, 2.45) is 7.05 Å². The number of benzene rings is 1. The Morgan fingerprint density at radius 2 is 1.92 bits per heavy atom. The molecule has 2 fully saturated rings. The molecule has 0 spiro atoms. The van der Waals surface area contributed by atoms with Gasteiger partial charge in [-0.25, -0.2) is 19.3 Å². The Labute approximate surface area is 209 Å². The second-order valence-electron chi connectivity index (χ2n) is 10.0. The maximum Gasteiger partial charge on any atom is 0.166 e. The lowest BCUT2D eigenvalue weighted by Crippen LogP contribution is -2.50. The standard InChI is InChI=1S/C26H33FN8O/c1-32(2)21-8-9-34(15-19(21)27)16-22-29-23-25(33(22)3)30-24(31-26(23)35-10-12-36-13-11-35)18-14-28-20-7-5-4-6-17(18)20/h4-7,14,19,21,28H,8-13,15-16H2,1-3H3/t19-,21+/m1/s1. The molecule has 6 rings (SSSR count). The summed E-state index contributed by atoms with van der Waals surface area (Å²) in [7, 11) is 5.91. The topological polar surface area (TPSA) is 78.3 Å². The van der Waals surface area contributed by atoms with E-state index in [9.17, 15) is 4.39 Å². The Kier molecular flexibility index (Phi) is 6.10. The highest BCUT2D eigenvalue weighted by atomic mass is 19.1. The van der Waals surface area contributed by atoms with E-state index < -0.39 is 6.17 Å². The predicted octanol–water partition coefficient (Wildman–Crippen LogP) is 2.82. The number of anilines is 1. The second kappa shape index (κ2) is 9.42. The number of morpholine rings is 1. The molecule has 0 aliphatic carbocycles. The van der Waals surface area contributed by atoms with Gasteiger partial charge in [-0.15, -0.1) is 0 Å². The van der Waals surface area contributed by atoms with Gasteiger partial charge in [-0.05, 0) is 26.6 Å². The fourth-order valence-electron chi connectivity index (χ4n) is 5.49. The molecule has 9 nitrogen and oxygen atoms in total. The number of fused-ring (bicyclic) bond motifs is 2. The Morgan fingerprint density at radius 1 is 1.11 bits per heavy atom. The monoisotopic (exact) mass is 492 g/mol. The zero-order chi connectivity index (χ0) is 24.8. The van der Waals surface area contributed by atoms with Crippen molar-refractivity contribution in [1.29, 1.82) is 0 Å². The number of rotatable bonds is 5. The molecular formula is C26H33FN8O. The minimum atomic E-state index is -0.874. The van der Waals surface area contributed by atoms with Gasteiger partial charge in [0.15, 0.2) is 22.8 Å². The van der Waals surface area contributed by atoms with Crippen LogP contribution in [0.2, 0.25) is 0 Å². The maximum absolute atomic E-state index is 14.8. The molecule has 2 aliphatic heterocycles. The number of piperidine rings is 1. The minimum absolute atomic E-state index is 0.0285. The Balaban J connectivity index is 1.40. The lowest BCUT2D eigenvalue weighted by atomic mass is 10.0. The molecule has 3 aromatic heterocycles. The van der Waals surface area contributed by atoms with Gasteiger partial charge >= 0.3 is 0 Å². The third kappa shape index (κ3) is 4.12. The smallest absolute Gasteiger partial charge is 0.166 e. The normalized spacial score (nSPS) is 21.8. The zero-order valence-corrected chi connectivity index (χ0v) is 21.1. The van der Waals surface area contributed by atoms with Crippen LogP contribution < -0.4 is 4.90 Å². The van der Waals surface area contributed by atoms with Crippen molar-refractivity contribution >= 4 is 27.9 Å². The van der Waals surface area contributed by atoms with Gasteiger partial charge < -0.3 is 24.1 Å². The van der Waals surface area contributed by atoms with Crippen LogP contribution in [-0.2, 0) is 18.3 Å². The van der Waals surface area contributed by atoms with E-state index in [-0.39, 0.29) is 6.04 Å². The number of nitrogens with one attached hydrogen (secondary N) is 1. The number of hydrogen-bond donors (Lipinski definition) is 1. The number of likely N-dealkylation sites (tertiary alicyclic amines) is 1. The molecule has 2 aliphatic rings. The molecule has 4 aromatic rings. The Hall–Kier alpha value is -3.08.